The van der Waals surface area contributed by atoms with Crippen LogP contribution < -0.4 is 10.2 Å². The molecule has 0 aromatic heterocycles. The lowest BCUT2D eigenvalue weighted by molar-refractivity contribution is 0.403. The van der Waals surface area contributed by atoms with Gasteiger partial charge in [-0.05, 0) is 43.7 Å². The van der Waals surface area contributed by atoms with E-state index in [1.807, 2.05) is 0 Å². The van der Waals surface area contributed by atoms with E-state index in [9.17, 15) is 0 Å². The van der Waals surface area contributed by atoms with Gasteiger partial charge >= 0.3 is 0 Å². The van der Waals surface area contributed by atoms with Gasteiger partial charge < -0.3 is 10.2 Å². The zero-order valence-electron chi connectivity index (χ0n) is 9.75. The molecule has 0 radical (unpaired) electrons. The molecule has 1 atom stereocenters. The number of anilines is 1. The van der Waals surface area contributed by atoms with Crippen LogP contribution in [-0.2, 0) is 0 Å². The summed E-state index contributed by atoms with van der Waals surface area (Å²) in [6.07, 6.45) is 4.01. The number of piperidine rings is 1. The van der Waals surface area contributed by atoms with Crippen molar-refractivity contribution in [3.8, 4) is 0 Å². The topological polar surface area (TPSA) is 15.3 Å². The number of benzene rings is 1. The number of halogens is 1. The van der Waals surface area contributed by atoms with Crippen LogP contribution in [0.25, 0.3) is 0 Å². The Balaban J connectivity index is 1.91. The fraction of sp³-hybridized carbons (Fsp3) is 0.538. The highest BCUT2D eigenvalue weighted by atomic mass is 79.9. The van der Waals surface area contributed by atoms with Gasteiger partial charge in [0.2, 0.25) is 0 Å². The molecule has 1 aliphatic heterocycles. The minimum Gasteiger partial charge on any atom is -0.373 e. The molecule has 88 valence electrons. The van der Waals surface area contributed by atoms with Crippen molar-refractivity contribution in [2.75, 3.05) is 25.0 Å². The summed E-state index contributed by atoms with van der Waals surface area (Å²) < 4.78 is 1.14. The van der Waals surface area contributed by atoms with Gasteiger partial charge in [-0.3, -0.25) is 0 Å². The molecule has 3 heteroatoms. The second kappa shape index (κ2) is 5.69. The van der Waals surface area contributed by atoms with E-state index in [4.69, 9.17) is 0 Å². The fourth-order valence-corrected chi connectivity index (χ4v) is 2.48. The monoisotopic (exact) mass is 282 g/mol. The van der Waals surface area contributed by atoms with E-state index in [-0.39, 0.29) is 0 Å². The number of rotatable bonds is 3. The average Bonchev–Trinajstić information content (AvgIpc) is 2.31. The van der Waals surface area contributed by atoms with E-state index in [1.165, 1.54) is 31.5 Å². The number of likely N-dealkylation sites (N-methyl/N-ethyl adjacent to an activating group) is 1. The van der Waals surface area contributed by atoms with Crippen LogP contribution in [0, 0.1) is 0 Å². The van der Waals surface area contributed by atoms with Crippen LogP contribution in [0.15, 0.2) is 28.7 Å². The van der Waals surface area contributed by atoms with Crippen LogP contribution in [0.3, 0.4) is 0 Å². The van der Waals surface area contributed by atoms with Crippen LogP contribution in [0.5, 0.6) is 0 Å². The highest BCUT2D eigenvalue weighted by Crippen LogP contribution is 2.18. The summed E-state index contributed by atoms with van der Waals surface area (Å²) in [4.78, 5) is 2.33. The first-order valence-electron chi connectivity index (χ1n) is 5.96. The Morgan fingerprint density at radius 1 is 1.31 bits per heavy atom. The van der Waals surface area contributed by atoms with Crippen LogP contribution in [0.1, 0.15) is 19.3 Å². The van der Waals surface area contributed by atoms with Gasteiger partial charge in [0.05, 0.1) is 0 Å². The Labute approximate surface area is 106 Å². The van der Waals surface area contributed by atoms with E-state index < -0.39 is 0 Å². The van der Waals surface area contributed by atoms with Crippen molar-refractivity contribution in [3.05, 3.63) is 28.7 Å². The SMILES string of the molecule is CN(CC1CCCCN1)c1ccc(Br)cc1. The van der Waals surface area contributed by atoms with Gasteiger partial charge in [0.15, 0.2) is 0 Å². The highest BCUT2D eigenvalue weighted by molar-refractivity contribution is 9.10. The predicted octanol–water partition coefficient (Wildman–Crippen LogP) is 3.03. The van der Waals surface area contributed by atoms with E-state index in [0.29, 0.717) is 6.04 Å². The Morgan fingerprint density at radius 2 is 2.06 bits per heavy atom. The molecule has 1 aromatic carbocycles. The van der Waals surface area contributed by atoms with Crippen molar-refractivity contribution in [2.45, 2.75) is 25.3 Å². The molecule has 16 heavy (non-hydrogen) atoms. The van der Waals surface area contributed by atoms with Crippen molar-refractivity contribution in [2.24, 2.45) is 0 Å². The van der Waals surface area contributed by atoms with Gasteiger partial charge in [-0.15, -0.1) is 0 Å². The normalized spacial score (nSPS) is 20.8. The summed E-state index contributed by atoms with van der Waals surface area (Å²) in [5.41, 5.74) is 1.29. The molecular formula is C13H19BrN2. The summed E-state index contributed by atoms with van der Waals surface area (Å²) in [6.45, 7) is 2.28. The van der Waals surface area contributed by atoms with Gasteiger partial charge in [0.25, 0.3) is 0 Å². The lowest BCUT2D eigenvalue weighted by atomic mass is 10.0. The Kier molecular flexibility index (Phi) is 4.24. The van der Waals surface area contributed by atoms with Gasteiger partial charge in [0, 0.05) is 29.8 Å². The van der Waals surface area contributed by atoms with Gasteiger partial charge in [-0.25, -0.2) is 0 Å². The first-order chi connectivity index (χ1) is 7.75. The molecular weight excluding hydrogens is 264 g/mol. The molecule has 0 amide bonds. The smallest absolute Gasteiger partial charge is 0.0364 e. The molecule has 0 bridgehead atoms. The summed E-state index contributed by atoms with van der Waals surface area (Å²) in [5.74, 6) is 0. The van der Waals surface area contributed by atoms with E-state index >= 15 is 0 Å². The van der Waals surface area contributed by atoms with Gasteiger partial charge in [-0.1, -0.05) is 22.4 Å². The molecule has 2 nitrogen and oxygen atoms in total. The minimum atomic E-state index is 0.655. The molecule has 1 saturated heterocycles. The molecule has 2 rings (SSSR count). The van der Waals surface area contributed by atoms with E-state index in [2.05, 4.69) is 57.5 Å². The highest BCUT2D eigenvalue weighted by Gasteiger charge is 2.14. The Morgan fingerprint density at radius 3 is 2.69 bits per heavy atom. The van der Waals surface area contributed by atoms with Crippen LogP contribution >= 0.6 is 15.9 Å². The maximum Gasteiger partial charge on any atom is 0.0364 e. The molecule has 0 saturated carbocycles. The standard InChI is InChI=1S/C13H19BrN2/c1-16(10-12-4-2-3-9-15-12)13-7-5-11(14)6-8-13/h5-8,12,15H,2-4,9-10H2,1H3. The molecule has 1 fully saturated rings. The third-order valence-corrected chi connectivity index (χ3v) is 3.70. The fourth-order valence-electron chi connectivity index (χ4n) is 2.21. The van der Waals surface area contributed by atoms with Crippen LogP contribution in [-0.4, -0.2) is 26.2 Å². The summed E-state index contributed by atoms with van der Waals surface area (Å²) >= 11 is 3.46. The number of nitrogens with zero attached hydrogens (tertiary/aromatic N) is 1. The first kappa shape index (κ1) is 11.9. The average molecular weight is 283 g/mol. The summed E-state index contributed by atoms with van der Waals surface area (Å²) in [6, 6.07) is 9.17. The van der Waals surface area contributed by atoms with Gasteiger partial charge in [0.1, 0.15) is 0 Å². The van der Waals surface area contributed by atoms with Crippen molar-refractivity contribution in [1.29, 1.82) is 0 Å². The maximum absolute atomic E-state index is 3.58. The molecule has 0 aliphatic carbocycles. The molecule has 1 aliphatic rings. The van der Waals surface area contributed by atoms with Crippen molar-refractivity contribution in [1.82, 2.24) is 5.32 Å². The zero-order valence-corrected chi connectivity index (χ0v) is 11.3. The van der Waals surface area contributed by atoms with Crippen molar-refractivity contribution < 1.29 is 0 Å². The third kappa shape index (κ3) is 3.22. The second-order valence-electron chi connectivity index (χ2n) is 4.50. The first-order valence-corrected chi connectivity index (χ1v) is 6.75. The van der Waals surface area contributed by atoms with Crippen molar-refractivity contribution >= 4 is 21.6 Å². The number of nitrogens with one attached hydrogen (secondary N) is 1. The lowest BCUT2D eigenvalue weighted by Crippen LogP contribution is -2.42. The molecule has 1 unspecified atom stereocenters. The summed E-state index contributed by atoms with van der Waals surface area (Å²) in [5, 5.41) is 3.58. The lowest BCUT2D eigenvalue weighted by Gasteiger charge is -2.29. The number of hydrogen-bond acceptors (Lipinski definition) is 2. The minimum absolute atomic E-state index is 0.655. The molecule has 1 N–H and O–H groups in total. The Bertz CT molecular complexity index is 317. The second-order valence-corrected chi connectivity index (χ2v) is 5.42. The van der Waals surface area contributed by atoms with Gasteiger partial charge in [-0.2, -0.15) is 0 Å². The molecule has 1 aromatic rings. The zero-order chi connectivity index (χ0) is 11.4. The molecule has 0 spiro atoms. The summed E-state index contributed by atoms with van der Waals surface area (Å²) in [7, 11) is 2.17. The quantitative estimate of drug-likeness (QED) is 0.917. The number of hydrogen-bond donors (Lipinski definition) is 1. The predicted molar refractivity (Wildman–Crippen MR) is 73.1 cm³/mol. The van der Waals surface area contributed by atoms with Crippen molar-refractivity contribution in [3.63, 3.8) is 0 Å². The molecule has 1 heterocycles. The Hall–Kier alpha value is -0.540. The maximum atomic E-state index is 3.58. The van der Waals surface area contributed by atoms with E-state index in [1.54, 1.807) is 0 Å². The van der Waals surface area contributed by atoms with E-state index in [0.717, 1.165) is 11.0 Å². The third-order valence-electron chi connectivity index (χ3n) is 3.17. The van der Waals surface area contributed by atoms with Crippen LogP contribution in [0.2, 0.25) is 0 Å². The van der Waals surface area contributed by atoms with Crippen LogP contribution in [0.4, 0.5) is 5.69 Å². The largest absolute Gasteiger partial charge is 0.373 e.